The molecule has 3 heterocycles. The molecular formula is C20H30N2O3. The highest BCUT2D eigenvalue weighted by Crippen LogP contribution is 2.22. The zero-order valence-electron chi connectivity index (χ0n) is 15.4. The predicted molar refractivity (Wildman–Crippen MR) is 98.1 cm³/mol. The monoisotopic (exact) mass is 346 g/mol. The first-order chi connectivity index (χ1) is 12.1. The van der Waals surface area contributed by atoms with Crippen LogP contribution in [0.2, 0.25) is 0 Å². The van der Waals surface area contributed by atoms with Crippen LogP contribution >= 0.6 is 0 Å². The van der Waals surface area contributed by atoms with Crippen molar-refractivity contribution in [3.05, 3.63) is 30.2 Å². The minimum Gasteiger partial charge on any atom is -0.465 e. The maximum Gasteiger partial charge on any atom is 0.246 e. The van der Waals surface area contributed by atoms with Gasteiger partial charge >= 0.3 is 0 Å². The number of piperidine rings is 1. The summed E-state index contributed by atoms with van der Waals surface area (Å²) in [6.45, 7) is 9.27. The molecule has 1 amide bonds. The number of nitrogens with zero attached hydrogens (tertiary/aromatic N) is 2. The quantitative estimate of drug-likeness (QED) is 0.769. The second-order valence-electron chi connectivity index (χ2n) is 7.42. The maximum absolute atomic E-state index is 12.3. The molecule has 2 atom stereocenters. The molecule has 0 aliphatic carbocycles. The Bertz CT molecular complexity index is 552. The van der Waals surface area contributed by atoms with Crippen molar-refractivity contribution in [2.24, 2.45) is 5.92 Å². The molecule has 0 spiro atoms. The van der Waals surface area contributed by atoms with Gasteiger partial charge in [0, 0.05) is 32.3 Å². The van der Waals surface area contributed by atoms with E-state index in [-0.39, 0.29) is 5.91 Å². The van der Waals surface area contributed by atoms with Gasteiger partial charge in [-0.05, 0) is 63.8 Å². The van der Waals surface area contributed by atoms with Crippen LogP contribution in [-0.4, -0.2) is 60.6 Å². The highest BCUT2D eigenvalue weighted by Gasteiger charge is 2.25. The third-order valence-corrected chi connectivity index (χ3v) is 5.21. The Morgan fingerprint density at radius 3 is 2.60 bits per heavy atom. The Labute approximate surface area is 150 Å². The molecule has 0 aromatic carbocycles. The first-order valence-electron chi connectivity index (χ1n) is 9.48. The largest absolute Gasteiger partial charge is 0.465 e. The van der Waals surface area contributed by atoms with Gasteiger partial charge in [-0.15, -0.1) is 0 Å². The third kappa shape index (κ3) is 5.44. The van der Waals surface area contributed by atoms with Crippen LogP contribution in [0.1, 0.15) is 38.9 Å². The molecule has 3 rings (SSSR count). The van der Waals surface area contributed by atoms with Gasteiger partial charge < -0.3 is 14.1 Å². The number of hydrogen-bond donors (Lipinski definition) is 0. The standard InChI is InChI=1S/C20H30N2O3/c1-16-14-21(15-17(2)25-16)10-7-18-8-11-22(12-9-18)20(23)6-5-19-4-3-13-24-19/h3-6,13,16-18H,7-12,14-15H2,1-2H3/b6-5+. The average Bonchev–Trinajstić information content (AvgIpc) is 3.11. The molecule has 2 aliphatic rings. The fourth-order valence-electron chi connectivity index (χ4n) is 3.92. The topological polar surface area (TPSA) is 45.9 Å². The summed E-state index contributed by atoms with van der Waals surface area (Å²) < 4.78 is 11.0. The molecule has 2 aliphatic heterocycles. The summed E-state index contributed by atoms with van der Waals surface area (Å²) >= 11 is 0. The van der Waals surface area contributed by atoms with Crippen LogP contribution in [0.15, 0.2) is 28.9 Å². The fourth-order valence-corrected chi connectivity index (χ4v) is 3.92. The lowest BCUT2D eigenvalue weighted by Crippen LogP contribution is -2.46. The first-order valence-corrected chi connectivity index (χ1v) is 9.48. The van der Waals surface area contributed by atoms with Crippen LogP contribution in [-0.2, 0) is 9.53 Å². The summed E-state index contributed by atoms with van der Waals surface area (Å²) in [6, 6.07) is 3.68. The summed E-state index contributed by atoms with van der Waals surface area (Å²) in [7, 11) is 0. The van der Waals surface area contributed by atoms with E-state index in [1.54, 1.807) is 18.4 Å². The second-order valence-corrected chi connectivity index (χ2v) is 7.42. The molecule has 0 radical (unpaired) electrons. The van der Waals surface area contributed by atoms with Crippen molar-refractivity contribution >= 4 is 12.0 Å². The summed E-state index contributed by atoms with van der Waals surface area (Å²) in [5, 5.41) is 0. The number of ether oxygens (including phenoxy) is 1. The summed E-state index contributed by atoms with van der Waals surface area (Å²) in [4.78, 5) is 16.7. The van der Waals surface area contributed by atoms with Gasteiger partial charge in [0.1, 0.15) is 5.76 Å². The fraction of sp³-hybridized carbons (Fsp3) is 0.650. The number of amides is 1. The zero-order valence-corrected chi connectivity index (χ0v) is 15.4. The van der Waals surface area contributed by atoms with E-state index in [0.717, 1.165) is 57.2 Å². The average molecular weight is 346 g/mol. The Balaban J connectivity index is 1.37. The number of carbonyl (C=O) groups is 1. The molecule has 0 bridgehead atoms. The van der Waals surface area contributed by atoms with Gasteiger partial charge in [-0.3, -0.25) is 9.69 Å². The van der Waals surface area contributed by atoms with E-state index in [1.807, 2.05) is 17.0 Å². The normalized spacial score (nSPS) is 26.4. The Morgan fingerprint density at radius 1 is 1.24 bits per heavy atom. The highest BCUT2D eigenvalue weighted by atomic mass is 16.5. The number of hydrogen-bond acceptors (Lipinski definition) is 4. The number of rotatable bonds is 5. The number of furan rings is 1. The van der Waals surface area contributed by atoms with Crippen molar-refractivity contribution in [3.8, 4) is 0 Å². The molecule has 138 valence electrons. The van der Waals surface area contributed by atoms with Gasteiger partial charge in [-0.1, -0.05) is 0 Å². The van der Waals surface area contributed by atoms with Gasteiger partial charge in [0.2, 0.25) is 5.91 Å². The van der Waals surface area contributed by atoms with E-state index in [1.165, 1.54) is 6.42 Å². The smallest absolute Gasteiger partial charge is 0.246 e. The van der Waals surface area contributed by atoms with E-state index >= 15 is 0 Å². The molecule has 5 heteroatoms. The first kappa shape index (κ1) is 18.2. The van der Waals surface area contributed by atoms with Crippen molar-refractivity contribution in [1.29, 1.82) is 0 Å². The van der Waals surface area contributed by atoms with Crippen LogP contribution in [0, 0.1) is 5.92 Å². The highest BCUT2D eigenvalue weighted by molar-refractivity contribution is 5.91. The van der Waals surface area contributed by atoms with E-state index in [9.17, 15) is 4.79 Å². The Kier molecular flexibility index (Phi) is 6.32. The maximum atomic E-state index is 12.3. The Morgan fingerprint density at radius 2 is 1.96 bits per heavy atom. The summed E-state index contributed by atoms with van der Waals surface area (Å²) in [5.74, 6) is 1.54. The number of likely N-dealkylation sites (tertiary alicyclic amines) is 1. The molecule has 0 saturated carbocycles. The molecule has 25 heavy (non-hydrogen) atoms. The molecule has 5 nitrogen and oxygen atoms in total. The molecular weight excluding hydrogens is 316 g/mol. The van der Waals surface area contributed by atoms with Crippen LogP contribution in [0.5, 0.6) is 0 Å². The lowest BCUT2D eigenvalue weighted by molar-refractivity contribution is -0.127. The van der Waals surface area contributed by atoms with Gasteiger partial charge in [0.15, 0.2) is 0 Å². The summed E-state index contributed by atoms with van der Waals surface area (Å²) in [5.41, 5.74) is 0. The van der Waals surface area contributed by atoms with Crippen molar-refractivity contribution < 1.29 is 13.9 Å². The Hall–Kier alpha value is -1.59. The van der Waals surface area contributed by atoms with Gasteiger partial charge in [-0.2, -0.15) is 0 Å². The molecule has 1 aromatic rings. The van der Waals surface area contributed by atoms with Crippen LogP contribution in [0.3, 0.4) is 0 Å². The van der Waals surface area contributed by atoms with Crippen LogP contribution < -0.4 is 0 Å². The predicted octanol–water partition coefficient (Wildman–Crippen LogP) is 3.03. The van der Waals surface area contributed by atoms with E-state index < -0.39 is 0 Å². The van der Waals surface area contributed by atoms with E-state index in [2.05, 4.69) is 18.7 Å². The van der Waals surface area contributed by atoms with Crippen molar-refractivity contribution in [3.63, 3.8) is 0 Å². The zero-order chi connectivity index (χ0) is 17.6. The van der Waals surface area contributed by atoms with Gasteiger partial charge in [-0.25, -0.2) is 0 Å². The lowest BCUT2D eigenvalue weighted by Gasteiger charge is -2.37. The van der Waals surface area contributed by atoms with E-state index in [4.69, 9.17) is 9.15 Å². The van der Waals surface area contributed by atoms with Crippen molar-refractivity contribution in [2.45, 2.75) is 45.3 Å². The molecule has 2 saturated heterocycles. The molecule has 0 N–H and O–H groups in total. The number of morpholine rings is 1. The van der Waals surface area contributed by atoms with Gasteiger partial charge in [0.05, 0.1) is 18.5 Å². The number of carbonyl (C=O) groups excluding carboxylic acids is 1. The molecule has 2 fully saturated rings. The third-order valence-electron chi connectivity index (χ3n) is 5.21. The molecule has 1 aromatic heterocycles. The summed E-state index contributed by atoms with van der Waals surface area (Å²) in [6.07, 6.45) is 9.10. The van der Waals surface area contributed by atoms with Crippen molar-refractivity contribution in [2.75, 3.05) is 32.7 Å². The SMILES string of the molecule is CC1CN(CCC2CCN(C(=O)/C=C/c3ccco3)CC2)CC(C)O1. The van der Waals surface area contributed by atoms with Crippen LogP contribution in [0.25, 0.3) is 6.08 Å². The lowest BCUT2D eigenvalue weighted by atomic mass is 9.93. The van der Waals surface area contributed by atoms with Crippen molar-refractivity contribution in [1.82, 2.24) is 9.80 Å². The molecule has 2 unspecified atom stereocenters. The second kappa shape index (κ2) is 8.68. The van der Waals surface area contributed by atoms with Gasteiger partial charge in [0.25, 0.3) is 0 Å². The van der Waals surface area contributed by atoms with E-state index in [0.29, 0.717) is 12.2 Å². The van der Waals surface area contributed by atoms with Crippen LogP contribution in [0.4, 0.5) is 0 Å². The minimum atomic E-state index is 0.0886. The minimum absolute atomic E-state index is 0.0886.